The number of hydrogen-bond donors (Lipinski definition) is 0. The van der Waals surface area contributed by atoms with Crippen LogP contribution in [0, 0.1) is 11.3 Å². The Balaban J connectivity index is 0.00000169. The summed E-state index contributed by atoms with van der Waals surface area (Å²) in [6.45, 7) is 1.63. The van der Waals surface area contributed by atoms with Gasteiger partial charge in [-0.25, -0.2) is 0 Å². The van der Waals surface area contributed by atoms with Crippen LogP contribution in [0.25, 0.3) is 0 Å². The quantitative estimate of drug-likeness (QED) is 0.588. The number of nitrogens with zero attached hydrogens (tertiary/aromatic N) is 2. The smallest absolute Gasteiger partial charge is 0.247 e. The van der Waals surface area contributed by atoms with Gasteiger partial charge < -0.3 is 9.47 Å². The van der Waals surface area contributed by atoms with Crippen molar-refractivity contribution in [3.05, 3.63) is 5.56 Å². The molecule has 4 nitrogen and oxygen atoms in total. The van der Waals surface area contributed by atoms with Gasteiger partial charge in [-0.2, -0.15) is 9.64 Å². The van der Waals surface area contributed by atoms with Crippen LogP contribution in [0.15, 0.2) is 0 Å². The SMILES string of the molecule is COc1nsc(OC(C)=S)c1C#N.[K]. The van der Waals surface area contributed by atoms with Crippen molar-refractivity contribution in [3.8, 4) is 17.0 Å². The second kappa shape index (κ2) is 6.84. The van der Waals surface area contributed by atoms with Gasteiger partial charge in [0.25, 0.3) is 0 Å². The van der Waals surface area contributed by atoms with Gasteiger partial charge in [0.15, 0.2) is 10.6 Å². The third-order valence-electron chi connectivity index (χ3n) is 1.17. The number of methoxy groups -OCH3 is 1. The van der Waals surface area contributed by atoms with Gasteiger partial charge in [0, 0.05) is 69.8 Å². The van der Waals surface area contributed by atoms with E-state index in [9.17, 15) is 0 Å². The Morgan fingerprint density at radius 3 is 2.71 bits per heavy atom. The molecule has 14 heavy (non-hydrogen) atoms. The van der Waals surface area contributed by atoms with E-state index in [2.05, 4.69) is 4.37 Å². The third-order valence-corrected chi connectivity index (χ3v) is 1.96. The van der Waals surface area contributed by atoms with E-state index in [0.29, 0.717) is 10.1 Å². The van der Waals surface area contributed by atoms with Crippen molar-refractivity contribution < 1.29 is 9.47 Å². The Kier molecular flexibility index (Phi) is 7.06. The number of nitriles is 1. The van der Waals surface area contributed by atoms with E-state index in [1.807, 2.05) is 6.07 Å². The predicted molar refractivity (Wildman–Crippen MR) is 58.0 cm³/mol. The van der Waals surface area contributed by atoms with E-state index in [1.165, 1.54) is 7.11 Å². The maximum atomic E-state index is 8.75. The van der Waals surface area contributed by atoms with Crippen molar-refractivity contribution in [3.63, 3.8) is 0 Å². The van der Waals surface area contributed by atoms with Gasteiger partial charge in [-0.05, 0) is 12.2 Å². The second-order valence-corrected chi connectivity index (χ2v) is 3.37. The van der Waals surface area contributed by atoms with Crippen molar-refractivity contribution in [2.45, 2.75) is 6.92 Å². The maximum Gasteiger partial charge on any atom is 0.247 e. The Hall–Kier alpha value is 0.446. The summed E-state index contributed by atoms with van der Waals surface area (Å²) in [5, 5.41) is 9.48. The van der Waals surface area contributed by atoms with Crippen LogP contribution in [0.5, 0.6) is 10.9 Å². The monoisotopic (exact) mass is 253 g/mol. The molecule has 1 rings (SSSR count). The van der Waals surface area contributed by atoms with E-state index in [4.69, 9.17) is 27.0 Å². The molecule has 0 unspecified atom stereocenters. The Labute approximate surface area is 134 Å². The fraction of sp³-hybridized carbons (Fsp3) is 0.286. The van der Waals surface area contributed by atoms with Crippen molar-refractivity contribution in [1.82, 2.24) is 4.37 Å². The molecule has 0 aliphatic carbocycles. The van der Waals surface area contributed by atoms with Gasteiger partial charge in [-0.3, -0.25) is 0 Å². The molecule has 7 heteroatoms. The summed E-state index contributed by atoms with van der Waals surface area (Å²) in [6.07, 6.45) is 0. The molecule has 0 spiro atoms. The van der Waals surface area contributed by atoms with E-state index in [0.717, 1.165) is 11.5 Å². The zero-order valence-electron chi connectivity index (χ0n) is 8.03. The Morgan fingerprint density at radius 1 is 1.64 bits per heavy atom. The first-order chi connectivity index (χ1) is 6.19. The molecule has 0 fully saturated rings. The summed E-state index contributed by atoms with van der Waals surface area (Å²) >= 11 is 5.78. The molecule has 1 aromatic heterocycles. The molecular weight excluding hydrogens is 247 g/mol. The molecule has 0 amide bonds. The second-order valence-electron chi connectivity index (χ2n) is 2.06. The number of ether oxygens (including phenoxy) is 2. The Bertz CT molecular complexity index is 372. The average molecular weight is 253 g/mol. The fourth-order valence-electron chi connectivity index (χ4n) is 0.695. The molecule has 0 aromatic carbocycles. The van der Waals surface area contributed by atoms with Gasteiger partial charge in [0.2, 0.25) is 10.9 Å². The van der Waals surface area contributed by atoms with Crippen molar-refractivity contribution in [2.24, 2.45) is 0 Å². The first kappa shape index (κ1) is 14.4. The standard InChI is InChI=1S/C7H6N2O2S2.K/c1-4(12)11-7-5(3-8)6(10-2)9-13-7;/h1-2H3;. The van der Waals surface area contributed by atoms with Crippen molar-refractivity contribution in [1.29, 1.82) is 5.26 Å². The van der Waals surface area contributed by atoms with Crippen molar-refractivity contribution >= 4 is 80.2 Å². The summed E-state index contributed by atoms with van der Waals surface area (Å²) in [5.41, 5.74) is 0.289. The molecule has 1 aromatic rings. The number of hydrogen-bond acceptors (Lipinski definition) is 6. The predicted octanol–water partition coefficient (Wildman–Crippen LogP) is 1.37. The van der Waals surface area contributed by atoms with Crippen LogP contribution in [0.3, 0.4) is 0 Å². The third kappa shape index (κ3) is 3.55. The summed E-state index contributed by atoms with van der Waals surface area (Å²) in [7, 11) is 1.45. The van der Waals surface area contributed by atoms with Crippen LogP contribution in [0.2, 0.25) is 0 Å². The minimum Gasteiger partial charge on any atom is -0.479 e. The molecule has 0 aliphatic heterocycles. The summed E-state index contributed by atoms with van der Waals surface area (Å²) < 4.78 is 13.8. The van der Waals surface area contributed by atoms with Crippen molar-refractivity contribution in [2.75, 3.05) is 7.11 Å². The molecule has 0 atom stereocenters. The molecule has 0 N–H and O–H groups in total. The van der Waals surface area contributed by atoms with Gasteiger partial charge in [0.05, 0.1) is 7.11 Å². The summed E-state index contributed by atoms with van der Waals surface area (Å²) in [5.74, 6) is 0.277. The van der Waals surface area contributed by atoms with Gasteiger partial charge in [-0.1, -0.05) is 0 Å². The molecule has 0 bridgehead atoms. The molecular formula is C7H6KN2O2S2. The van der Waals surface area contributed by atoms with Crippen LogP contribution in [-0.4, -0.2) is 67.9 Å². The molecule has 0 saturated heterocycles. The molecule has 0 saturated carbocycles. The van der Waals surface area contributed by atoms with Gasteiger partial charge in [-0.15, -0.1) is 0 Å². The van der Waals surface area contributed by atoms with Crippen LogP contribution >= 0.6 is 23.8 Å². The average Bonchev–Trinajstić information content (AvgIpc) is 2.45. The minimum absolute atomic E-state index is 0. The van der Waals surface area contributed by atoms with E-state index in [-0.39, 0.29) is 62.8 Å². The van der Waals surface area contributed by atoms with Crippen LogP contribution in [-0.2, 0) is 0 Å². The molecule has 0 aliphatic rings. The zero-order chi connectivity index (χ0) is 9.84. The number of rotatable bonds is 2. The number of thiocarbonyl (C=S) groups is 1. The molecule has 69 valence electrons. The zero-order valence-corrected chi connectivity index (χ0v) is 12.8. The maximum absolute atomic E-state index is 8.75. The Morgan fingerprint density at radius 2 is 2.29 bits per heavy atom. The largest absolute Gasteiger partial charge is 0.479 e. The van der Waals surface area contributed by atoms with Gasteiger partial charge in [0.1, 0.15) is 6.07 Å². The summed E-state index contributed by atoms with van der Waals surface area (Å²) in [6, 6.07) is 1.94. The minimum atomic E-state index is 0. The van der Waals surface area contributed by atoms with E-state index < -0.39 is 0 Å². The first-order valence-corrected chi connectivity index (χ1v) is 4.49. The van der Waals surface area contributed by atoms with Crippen LogP contribution < -0.4 is 9.47 Å². The van der Waals surface area contributed by atoms with E-state index in [1.54, 1.807) is 6.92 Å². The first-order valence-electron chi connectivity index (χ1n) is 3.31. The molecule has 1 heterocycles. The summed E-state index contributed by atoms with van der Waals surface area (Å²) in [4.78, 5) is 0. The topological polar surface area (TPSA) is 55.1 Å². The normalized spacial score (nSPS) is 8.36. The fourth-order valence-corrected chi connectivity index (χ4v) is 1.55. The van der Waals surface area contributed by atoms with Crippen LogP contribution in [0.4, 0.5) is 0 Å². The number of aromatic nitrogens is 1. The van der Waals surface area contributed by atoms with E-state index >= 15 is 0 Å². The van der Waals surface area contributed by atoms with Crippen LogP contribution in [0.1, 0.15) is 12.5 Å². The molecule has 1 radical (unpaired) electrons. The van der Waals surface area contributed by atoms with Gasteiger partial charge >= 0.3 is 0 Å².